The van der Waals surface area contributed by atoms with Gasteiger partial charge in [-0.2, -0.15) is 0 Å². The second kappa shape index (κ2) is 4.09. The molecule has 98 valence electrons. The Bertz CT molecular complexity index is 460. The fraction of sp³-hybridized carbons (Fsp3) is 0.533. The lowest BCUT2D eigenvalue weighted by Crippen LogP contribution is -2.48. The summed E-state index contributed by atoms with van der Waals surface area (Å²) in [5.74, 6) is 1.11. The Morgan fingerprint density at radius 3 is 1.94 bits per heavy atom. The Balaban J connectivity index is 2.48. The summed E-state index contributed by atoms with van der Waals surface area (Å²) >= 11 is 0. The molecule has 0 aliphatic carbocycles. The van der Waals surface area contributed by atoms with Gasteiger partial charge in [0.2, 0.25) is 0 Å². The van der Waals surface area contributed by atoms with Crippen LogP contribution in [0.25, 0.3) is 0 Å². The smallest absolute Gasteiger partial charge is 0.126 e. The molecule has 3 heteroatoms. The predicted octanol–water partition coefficient (Wildman–Crippen LogP) is 3.11. The lowest BCUT2D eigenvalue weighted by molar-refractivity contribution is 0.0581. The minimum absolute atomic E-state index is 0.0168. The molecule has 1 saturated heterocycles. The summed E-state index contributed by atoms with van der Waals surface area (Å²) in [5, 5.41) is 0. The molecule has 0 N–H and O–H groups in total. The van der Waals surface area contributed by atoms with Gasteiger partial charge in [-0.3, -0.25) is 4.90 Å². The third kappa shape index (κ3) is 1.83. The van der Waals surface area contributed by atoms with Crippen LogP contribution in [0.5, 0.6) is 0 Å². The average molecular weight is 245 g/mol. The van der Waals surface area contributed by atoms with Gasteiger partial charge in [0.15, 0.2) is 0 Å². The summed E-state index contributed by atoms with van der Waals surface area (Å²) in [6, 6.07) is 10.2. The van der Waals surface area contributed by atoms with Crippen LogP contribution in [-0.4, -0.2) is 40.9 Å². The number of para-hydroxylation sites is 1. The van der Waals surface area contributed by atoms with E-state index in [0.717, 1.165) is 11.5 Å². The van der Waals surface area contributed by atoms with E-state index in [4.69, 9.17) is 4.99 Å². The number of hydrogen-bond acceptors (Lipinski definition) is 2. The van der Waals surface area contributed by atoms with Crippen molar-refractivity contribution in [3.63, 3.8) is 0 Å². The lowest BCUT2D eigenvalue weighted by atomic mass is 10.0. The van der Waals surface area contributed by atoms with Crippen molar-refractivity contribution in [2.24, 2.45) is 4.99 Å². The zero-order valence-corrected chi connectivity index (χ0v) is 12.2. The first-order chi connectivity index (χ1) is 8.28. The molecule has 0 bridgehead atoms. The molecule has 0 saturated carbocycles. The Kier molecular flexibility index (Phi) is 2.98. The monoisotopic (exact) mass is 245 g/mol. The van der Waals surface area contributed by atoms with Gasteiger partial charge in [0.1, 0.15) is 5.84 Å². The molecular weight excluding hydrogens is 222 g/mol. The van der Waals surface area contributed by atoms with Crippen molar-refractivity contribution in [3.05, 3.63) is 30.3 Å². The highest BCUT2D eigenvalue weighted by atomic mass is 15.5. The molecule has 0 aromatic heterocycles. The van der Waals surface area contributed by atoms with Crippen molar-refractivity contribution < 1.29 is 0 Å². The molecule has 3 nitrogen and oxygen atoms in total. The first kappa shape index (κ1) is 13.1. The van der Waals surface area contributed by atoms with Crippen LogP contribution in [0, 0.1) is 0 Å². The van der Waals surface area contributed by atoms with E-state index in [9.17, 15) is 0 Å². The second-order valence-corrected chi connectivity index (χ2v) is 5.94. The fourth-order valence-electron chi connectivity index (χ4n) is 2.57. The Morgan fingerprint density at radius 2 is 1.50 bits per heavy atom. The summed E-state index contributed by atoms with van der Waals surface area (Å²) in [6.45, 7) is 8.89. The Labute approximate surface area is 110 Å². The number of hydrogen-bond donors (Lipinski definition) is 0. The summed E-state index contributed by atoms with van der Waals surface area (Å²) in [6.07, 6.45) is 0. The van der Waals surface area contributed by atoms with Crippen molar-refractivity contribution in [1.82, 2.24) is 9.80 Å². The number of likely N-dealkylation sites (N-methyl/N-ethyl adjacent to an activating group) is 2. The van der Waals surface area contributed by atoms with E-state index in [0.29, 0.717) is 0 Å². The van der Waals surface area contributed by atoms with Crippen LogP contribution >= 0.6 is 0 Å². The molecule has 1 aromatic carbocycles. The van der Waals surface area contributed by atoms with E-state index in [-0.39, 0.29) is 11.2 Å². The van der Waals surface area contributed by atoms with Crippen LogP contribution in [0.1, 0.15) is 27.7 Å². The summed E-state index contributed by atoms with van der Waals surface area (Å²) in [5.41, 5.74) is 0.934. The molecule has 1 fully saturated rings. The maximum absolute atomic E-state index is 4.84. The third-order valence-corrected chi connectivity index (χ3v) is 4.34. The SMILES string of the molecule is CN1C(=Nc2ccccc2)C(C)(C)N(C)C1(C)C. The van der Waals surface area contributed by atoms with Crippen molar-refractivity contribution in [3.8, 4) is 0 Å². The van der Waals surface area contributed by atoms with Crippen LogP contribution in [-0.2, 0) is 0 Å². The van der Waals surface area contributed by atoms with E-state index < -0.39 is 0 Å². The quantitative estimate of drug-likeness (QED) is 0.757. The molecule has 0 radical (unpaired) electrons. The van der Waals surface area contributed by atoms with Gasteiger partial charge in [-0.15, -0.1) is 0 Å². The molecule has 1 aliphatic heterocycles. The van der Waals surface area contributed by atoms with Crippen molar-refractivity contribution in [2.75, 3.05) is 14.1 Å². The van der Waals surface area contributed by atoms with Crippen molar-refractivity contribution in [1.29, 1.82) is 0 Å². The highest BCUT2D eigenvalue weighted by Crippen LogP contribution is 2.37. The topological polar surface area (TPSA) is 18.8 Å². The first-order valence-corrected chi connectivity index (χ1v) is 6.40. The minimum Gasteiger partial charge on any atom is -0.344 e. The number of amidine groups is 1. The van der Waals surface area contributed by atoms with Gasteiger partial charge in [0.05, 0.1) is 16.9 Å². The summed E-state index contributed by atoms with van der Waals surface area (Å²) in [4.78, 5) is 9.47. The second-order valence-electron chi connectivity index (χ2n) is 5.94. The van der Waals surface area contributed by atoms with Crippen LogP contribution in [0.2, 0.25) is 0 Å². The van der Waals surface area contributed by atoms with E-state index in [1.165, 1.54) is 0 Å². The number of benzene rings is 1. The normalized spacial score (nSPS) is 24.8. The standard InChI is InChI=1S/C15H23N3/c1-14(2)13(16-12-10-8-7-9-11-12)17(5)15(3,4)18(14)6/h7-11H,1-6H3. The van der Waals surface area contributed by atoms with Crippen LogP contribution < -0.4 is 0 Å². The Hall–Kier alpha value is -1.35. The minimum atomic E-state index is -0.0614. The summed E-state index contributed by atoms with van der Waals surface area (Å²) in [7, 11) is 4.27. The van der Waals surface area contributed by atoms with Crippen molar-refractivity contribution >= 4 is 11.5 Å². The van der Waals surface area contributed by atoms with Crippen LogP contribution in [0.3, 0.4) is 0 Å². The molecule has 0 unspecified atom stereocenters. The van der Waals surface area contributed by atoms with Gasteiger partial charge >= 0.3 is 0 Å². The predicted molar refractivity (Wildman–Crippen MR) is 77.2 cm³/mol. The third-order valence-electron chi connectivity index (χ3n) is 4.34. The molecular formula is C15H23N3. The molecule has 0 atom stereocenters. The van der Waals surface area contributed by atoms with Gasteiger partial charge < -0.3 is 4.90 Å². The molecule has 0 amide bonds. The Morgan fingerprint density at radius 1 is 0.944 bits per heavy atom. The van der Waals surface area contributed by atoms with E-state index in [1.54, 1.807) is 0 Å². The molecule has 1 aromatic rings. The lowest BCUT2D eigenvalue weighted by Gasteiger charge is -2.36. The molecule has 0 spiro atoms. The fourth-order valence-corrected chi connectivity index (χ4v) is 2.57. The van der Waals surface area contributed by atoms with E-state index in [1.807, 2.05) is 30.3 Å². The first-order valence-electron chi connectivity index (χ1n) is 6.40. The van der Waals surface area contributed by atoms with Gasteiger partial charge in [-0.25, -0.2) is 4.99 Å². The number of nitrogens with zero attached hydrogens (tertiary/aromatic N) is 3. The zero-order chi connectivity index (χ0) is 13.6. The average Bonchev–Trinajstić information content (AvgIpc) is 2.44. The maximum atomic E-state index is 4.84. The molecule has 18 heavy (non-hydrogen) atoms. The largest absolute Gasteiger partial charge is 0.344 e. The molecule has 1 heterocycles. The zero-order valence-electron chi connectivity index (χ0n) is 12.2. The summed E-state index contributed by atoms with van der Waals surface area (Å²) < 4.78 is 0. The molecule has 2 rings (SSSR count). The highest BCUT2D eigenvalue weighted by Gasteiger charge is 2.50. The van der Waals surface area contributed by atoms with Gasteiger partial charge in [0.25, 0.3) is 0 Å². The van der Waals surface area contributed by atoms with E-state index in [2.05, 4.69) is 51.6 Å². The van der Waals surface area contributed by atoms with Crippen LogP contribution in [0.4, 0.5) is 5.69 Å². The van der Waals surface area contributed by atoms with Gasteiger partial charge in [0, 0.05) is 7.05 Å². The number of rotatable bonds is 1. The van der Waals surface area contributed by atoms with E-state index >= 15 is 0 Å². The van der Waals surface area contributed by atoms with Gasteiger partial charge in [-0.05, 0) is 46.9 Å². The van der Waals surface area contributed by atoms with Crippen molar-refractivity contribution in [2.45, 2.75) is 38.9 Å². The number of aliphatic imine (C=N–C) groups is 1. The highest BCUT2D eigenvalue weighted by molar-refractivity contribution is 5.95. The van der Waals surface area contributed by atoms with Gasteiger partial charge in [-0.1, -0.05) is 18.2 Å². The maximum Gasteiger partial charge on any atom is 0.126 e. The van der Waals surface area contributed by atoms with Crippen LogP contribution in [0.15, 0.2) is 35.3 Å². The molecule has 1 aliphatic rings.